The number of aryl methyl sites for hydroxylation is 2. The number of carbonyl (C=O) groups excluding carboxylic acids is 1. The molecule has 1 aromatic heterocycles. The number of nitriles is 1. The SMILES string of the molecule is Cc1cc2cc(C#N)c(SCC(=O)N[C@H]3CCCC[C@H]3C)nc2cc1C. The van der Waals surface area contributed by atoms with E-state index in [1.165, 1.54) is 42.2 Å². The number of thioether (sulfide) groups is 1. The lowest BCUT2D eigenvalue weighted by Gasteiger charge is -2.29. The van der Waals surface area contributed by atoms with E-state index in [0.29, 0.717) is 22.3 Å². The van der Waals surface area contributed by atoms with Crippen LogP contribution in [0.1, 0.15) is 49.3 Å². The average Bonchev–Trinajstić information content (AvgIpc) is 2.62. The van der Waals surface area contributed by atoms with Gasteiger partial charge in [-0.05, 0) is 61.9 Å². The number of carbonyl (C=O) groups is 1. The zero-order valence-corrected chi connectivity index (χ0v) is 16.4. The lowest BCUT2D eigenvalue weighted by atomic mass is 9.86. The van der Waals surface area contributed by atoms with Crippen molar-refractivity contribution >= 4 is 28.6 Å². The first-order chi connectivity index (χ1) is 12.5. The number of nitrogens with one attached hydrogen (secondary N) is 1. The lowest BCUT2D eigenvalue weighted by Crippen LogP contribution is -2.41. The first-order valence-corrected chi connectivity index (χ1v) is 10.2. The van der Waals surface area contributed by atoms with Gasteiger partial charge in [0.15, 0.2) is 0 Å². The Morgan fingerprint density at radius 2 is 2.00 bits per heavy atom. The Balaban J connectivity index is 1.72. The predicted molar refractivity (Wildman–Crippen MR) is 106 cm³/mol. The molecule has 2 aromatic rings. The number of benzene rings is 1. The second kappa shape index (κ2) is 8.09. The van der Waals surface area contributed by atoms with Crippen molar-refractivity contribution < 1.29 is 4.79 Å². The standard InChI is InChI=1S/C21H25N3OS/c1-13-6-4-5-7-18(13)23-20(25)12-26-21-17(11-22)10-16-8-14(2)15(3)9-19(16)24-21/h8-10,13,18H,4-7,12H2,1-3H3,(H,23,25)/t13-,18+/m1/s1. The largest absolute Gasteiger partial charge is 0.352 e. The van der Waals surface area contributed by atoms with Gasteiger partial charge >= 0.3 is 0 Å². The van der Waals surface area contributed by atoms with Gasteiger partial charge in [0.25, 0.3) is 0 Å². The molecule has 3 rings (SSSR count). The fourth-order valence-electron chi connectivity index (χ4n) is 3.53. The van der Waals surface area contributed by atoms with Gasteiger partial charge in [0.1, 0.15) is 11.1 Å². The van der Waals surface area contributed by atoms with Gasteiger partial charge in [0.05, 0.1) is 16.8 Å². The van der Waals surface area contributed by atoms with Gasteiger partial charge in [-0.25, -0.2) is 4.98 Å². The monoisotopic (exact) mass is 367 g/mol. The van der Waals surface area contributed by atoms with Gasteiger partial charge in [-0.15, -0.1) is 0 Å². The zero-order chi connectivity index (χ0) is 18.7. The molecule has 5 heteroatoms. The Bertz CT molecular complexity index is 872. The summed E-state index contributed by atoms with van der Waals surface area (Å²) in [5, 5.41) is 14.2. The number of rotatable bonds is 4. The molecule has 1 aliphatic carbocycles. The van der Waals surface area contributed by atoms with Gasteiger partial charge < -0.3 is 5.32 Å². The smallest absolute Gasteiger partial charge is 0.230 e. The molecule has 0 unspecified atom stereocenters. The Kier molecular flexibility index (Phi) is 5.83. The van der Waals surface area contributed by atoms with Crippen LogP contribution < -0.4 is 5.32 Å². The van der Waals surface area contributed by atoms with Crippen LogP contribution in [0.5, 0.6) is 0 Å². The molecule has 1 fully saturated rings. The molecule has 0 bridgehead atoms. The van der Waals surface area contributed by atoms with Crippen LogP contribution in [0.2, 0.25) is 0 Å². The van der Waals surface area contributed by atoms with E-state index in [2.05, 4.69) is 43.2 Å². The van der Waals surface area contributed by atoms with E-state index in [0.717, 1.165) is 17.3 Å². The van der Waals surface area contributed by atoms with Crippen LogP contribution in [0.3, 0.4) is 0 Å². The van der Waals surface area contributed by atoms with E-state index in [1.54, 1.807) is 0 Å². The number of pyridine rings is 1. The van der Waals surface area contributed by atoms with E-state index in [-0.39, 0.29) is 11.9 Å². The Hall–Kier alpha value is -2.06. The molecule has 26 heavy (non-hydrogen) atoms. The second-order valence-corrected chi connectivity index (χ2v) is 8.27. The van der Waals surface area contributed by atoms with Gasteiger partial charge in [-0.3, -0.25) is 4.79 Å². The molecule has 1 N–H and O–H groups in total. The van der Waals surface area contributed by atoms with Crippen molar-refractivity contribution in [1.29, 1.82) is 5.26 Å². The first kappa shape index (κ1) is 18.7. The fraction of sp³-hybridized carbons (Fsp3) is 0.476. The Morgan fingerprint density at radius 3 is 2.73 bits per heavy atom. The molecular weight excluding hydrogens is 342 g/mol. The van der Waals surface area contributed by atoms with Crippen molar-refractivity contribution in [2.75, 3.05) is 5.75 Å². The third-order valence-corrected chi connectivity index (χ3v) is 6.30. The third kappa shape index (κ3) is 4.19. The number of hydrogen-bond acceptors (Lipinski definition) is 4. The van der Waals surface area contributed by atoms with Crippen molar-refractivity contribution in [1.82, 2.24) is 10.3 Å². The minimum atomic E-state index is 0.0274. The van der Waals surface area contributed by atoms with Crippen LogP contribution in [-0.2, 0) is 4.79 Å². The summed E-state index contributed by atoms with van der Waals surface area (Å²) < 4.78 is 0. The average molecular weight is 368 g/mol. The molecule has 4 nitrogen and oxygen atoms in total. The summed E-state index contributed by atoms with van der Waals surface area (Å²) in [6.07, 6.45) is 4.69. The fourth-order valence-corrected chi connectivity index (χ4v) is 4.30. The molecule has 2 atom stereocenters. The van der Waals surface area contributed by atoms with Crippen LogP contribution in [0.25, 0.3) is 10.9 Å². The van der Waals surface area contributed by atoms with E-state index in [4.69, 9.17) is 0 Å². The highest BCUT2D eigenvalue weighted by Crippen LogP contribution is 2.27. The van der Waals surface area contributed by atoms with Crippen LogP contribution in [-0.4, -0.2) is 22.7 Å². The molecule has 0 saturated heterocycles. The summed E-state index contributed by atoms with van der Waals surface area (Å²) in [7, 11) is 0. The zero-order valence-electron chi connectivity index (χ0n) is 15.6. The Morgan fingerprint density at radius 1 is 1.27 bits per heavy atom. The highest BCUT2D eigenvalue weighted by molar-refractivity contribution is 8.00. The van der Waals surface area contributed by atoms with Crippen molar-refractivity contribution in [2.24, 2.45) is 5.92 Å². The van der Waals surface area contributed by atoms with Crippen LogP contribution in [0.4, 0.5) is 0 Å². The topological polar surface area (TPSA) is 65.8 Å². The molecule has 0 spiro atoms. The minimum absolute atomic E-state index is 0.0274. The van der Waals surface area contributed by atoms with E-state index in [9.17, 15) is 10.1 Å². The van der Waals surface area contributed by atoms with Gasteiger partial charge in [0.2, 0.25) is 5.91 Å². The van der Waals surface area contributed by atoms with Crippen molar-refractivity contribution in [2.45, 2.75) is 57.5 Å². The summed E-state index contributed by atoms with van der Waals surface area (Å²) in [5.41, 5.74) is 3.76. The number of fused-ring (bicyclic) bond motifs is 1. The molecule has 1 aliphatic rings. The number of aromatic nitrogens is 1. The van der Waals surface area contributed by atoms with Gasteiger partial charge in [-0.1, -0.05) is 31.5 Å². The van der Waals surface area contributed by atoms with Crippen LogP contribution in [0.15, 0.2) is 23.2 Å². The van der Waals surface area contributed by atoms with Crippen LogP contribution in [0, 0.1) is 31.1 Å². The highest BCUT2D eigenvalue weighted by atomic mass is 32.2. The minimum Gasteiger partial charge on any atom is -0.352 e. The quantitative estimate of drug-likeness (QED) is 0.808. The van der Waals surface area contributed by atoms with E-state index in [1.807, 2.05) is 12.1 Å². The number of nitrogens with zero attached hydrogens (tertiary/aromatic N) is 2. The summed E-state index contributed by atoms with van der Waals surface area (Å²) in [6.45, 7) is 6.32. The number of hydrogen-bond donors (Lipinski definition) is 1. The maximum atomic E-state index is 12.3. The summed E-state index contributed by atoms with van der Waals surface area (Å²) in [5.74, 6) is 0.860. The molecule has 1 aromatic carbocycles. The highest BCUT2D eigenvalue weighted by Gasteiger charge is 2.23. The summed E-state index contributed by atoms with van der Waals surface area (Å²) in [6, 6.07) is 8.47. The predicted octanol–water partition coefficient (Wildman–Crippen LogP) is 4.51. The molecule has 0 radical (unpaired) electrons. The first-order valence-electron chi connectivity index (χ1n) is 9.22. The molecule has 1 heterocycles. The molecule has 136 valence electrons. The van der Waals surface area contributed by atoms with Gasteiger partial charge in [-0.2, -0.15) is 5.26 Å². The van der Waals surface area contributed by atoms with Crippen molar-refractivity contribution in [3.63, 3.8) is 0 Å². The van der Waals surface area contributed by atoms with E-state index >= 15 is 0 Å². The summed E-state index contributed by atoms with van der Waals surface area (Å²) >= 11 is 1.35. The maximum absolute atomic E-state index is 12.3. The molecule has 1 amide bonds. The van der Waals surface area contributed by atoms with Gasteiger partial charge in [0, 0.05) is 11.4 Å². The van der Waals surface area contributed by atoms with Crippen molar-refractivity contribution in [3.8, 4) is 6.07 Å². The molecule has 0 aliphatic heterocycles. The molecule has 1 saturated carbocycles. The normalized spacial score (nSPS) is 19.9. The summed E-state index contributed by atoms with van der Waals surface area (Å²) in [4.78, 5) is 17.0. The maximum Gasteiger partial charge on any atom is 0.230 e. The second-order valence-electron chi connectivity index (χ2n) is 7.31. The number of amides is 1. The van der Waals surface area contributed by atoms with Crippen molar-refractivity contribution in [3.05, 3.63) is 34.9 Å². The Labute approximate surface area is 159 Å². The van der Waals surface area contributed by atoms with Crippen LogP contribution >= 0.6 is 11.8 Å². The van der Waals surface area contributed by atoms with E-state index < -0.39 is 0 Å². The lowest BCUT2D eigenvalue weighted by molar-refractivity contribution is -0.119. The third-order valence-electron chi connectivity index (χ3n) is 5.31. The molecular formula is C21H25N3OS.